The van der Waals surface area contributed by atoms with Crippen molar-refractivity contribution in [3.05, 3.63) is 54.6 Å². The van der Waals surface area contributed by atoms with Crippen molar-refractivity contribution in [3.8, 4) is 5.75 Å². The summed E-state index contributed by atoms with van der Waals surface area (Å²) < 4.78 is 5.28. The zero-order valence-electron chi connectivity index (χ0n) is 13.2. The number of nitrogens with one attached hydrogen (secondary N) is 1. The van der Waals surface area contributed by atoms with Crippen molar-refractivity contribution >= 4 is 17.3 Å². The lowest BCUT2D eigenvalue weighted by atomic mass is 10.2. The summed E-state index contributed by atoms with van der Waals surface area (Å²) in [5.74, 6) is 0.748. The van der Waals surface area contributed by atoms with E-state index in [0.29, 0.717) is 0 Å². The Balaban J connectivity index is 2.09. The van der Waals surface area contributed by atoms with Crippen LogP contribution in [0.4, 0.5) is 11.4 Å². The van der Waals surface area contributed by atoms with Crippen LogP contribution in [0.2, 0.25) is 0 Å². The standard InChI is InChI=1S/C18H22N2O2/c1-14(2)20(15-9-5-4-6-10-15)18(21)13-19-16-11-7-8-12-17(16)22-3/h4-12,14,19H,13H2,1-3H3. The molecule has 2 aromatic rings. The molecule has 22 heavy (non-hydrogen) atoms. The van der Waals surface area contributed by atoms with Crippen molar-refractivity contribution in [2.45, 2.75) is 19.9 Å². The molecule has 0 aliphatic carbocycles. The number of para-hydroxylation sites is 3. The van der Waals surface area contributed by atoms with Crippen molar-refractivity contribution in [3.63, 3.8) is 0 Å². The predicted octanol–water partition coefficient (Wildman–Crippen LogP) is 3.55. The van der Waals surface area contributed by atoms with Crippen molar-refractivity contribution in [1.29, 1.82) is 0 Å². The molecule has 0 heterocycles. The molecule has 4 nitrogen and oxygen atoms in total. The third kappa shape index (κ3) is 3.79. The lowest BCUT2D eigenvalue weighted by Crippen LogP contribution is -2.40. The van der Waals surface area contributed by atoms with Crippen LogP contribution in [0.3, 0.4) is 0 Å². The molecule has 2 rings (SSSR count). The van der Waals surface area contributed by atoms with E-state index in [9.17, 15) is 4.79 Å². The molecule has 0 bridgehead atoms. The quantitative estimate of drug-likeness (QED) is 0.886. The highest BCUT2D eigenvalue weighted by molar-refractivity contribution is 5.96. The van der Waals surface area contributed by atoms with Gasteiger partial charge in [-0.2, -0.15) is 0 Å². The maximum absolute atomic E-state index is 12.6. The Bertz CT molecular complexity index is 611. The van der Waals surface area contributed by atoms with Gasteiger partial charge in [0.15, 0.2) is 0 Å². The highest BCUT2D eigenvalue weighted by Crippen LogP contribution is 2.23. The first-order chi connectivity index (χ1) is 10.6. The highest BCUT2D eigenvalue weighted by Gasteiger charge is 2.18. The van der Waals surface area contributed by atoms with Crippen LogP contribution >= 0.6 is 0 Å². The van der Waals surface area contributed by atoms with E-state index in [0.717, 1.165) is 17.1 Å². The van der Waals surface area contributed by atoms with Gasteiger partial charge in [-0.05, 0) is 38.1 Å². The molecule has 0 spiro atoms. The fraction of sp³-hybridized carbons (Fsp3) is 0.278. The molecule has 0 saturated heterocycles. The highest BCUT2D eigenvalue weighted by atomic mass is 16.5. The number of benzene rings is 2. The van der Waals surface area contributed by atoms with Gasteiger partial charge in [0, 0.05) is 11.7 Å². The van der Waals surface area contributed by atoms with E-state index in [1.807, 2.05) is 68.4 Å². The minimum absolute atomic E-state index is 0.0205. The zero-order valence-corrected chi connectivity index (χ0v) is 13.2. The first-order valence-corrected chi connectivity index (χ1v) is 7.37. The molecule has 116 valence electrons. The SMILES string of the molecule is COc1ccccc1NCC(=O)N(c1ccccc1)C(C)C. The van der Waals surface area contributed by atoms with Gasteiger partial charge < -0.3 is 15.0 Å². The Hall–Kier alpha value is -2.49. The number of ether oxygens (including phenoxy) is 1. The molecule has 2 aromatic carbocycles. The molecule has 0 atom stereocenters. The Morgan fingerprint density at radius 2 is 1.73 bits per heavy atom. The lowest BCUT2D eigenvalue weighted by molar-refractivity contribution is -0.117. The average molecular weight is 298 g/mol. The van der Waals surface area contributed by atoms with Crippen LogP contribution in [0.1, 0.15) is 13.8 Å². The van der Waals surface area contributed by atoms with Gasteiger partial charge in [0.25, 0.3) is 0 Å². The molecule has 0 fully saturated rings. The van der Waals surface area contributed by atoms with Crippen LogP contribution in [0.15, 0.2) is 54.6 Å². The number of anilines is 2. The van der Waals surface area contributed by atoms with E-state index in [-0.39, 0.29) is 18.5 Å². The summed E-state index contributed by atoms with van der Waals surface area (Å²) in [5, 5.41) is 3.15. The molecule has 1 N–H and O–H groups in total. The molecule has 4 heteroatoms. The van der Waals surface area contributed by atoms with Crippen LogP contribution < -0.4 is 15.0 Å². The van der Waals surface area contributed by atoms with Gasteiger partial charge in [-0.1, -0.05) is 30.3 Å². The number of carbonyl (C=O) groups is 1. The van der Waals surface area contributed by atoms with Gasteiger partial charge >= 0.3 is 0 Å². The largest absolute Gasteiger partial charge is 0.495 e. The number of hydrogen-bond donors (Lipinski definition) is 1. The molecular formula is C18H22N2O2. The molecule has 0 unspecified atom stereocenters. The van der Waals surface area contributed by atoms with Crippen molar-refractivity contribution < 1.29 is 9.53 Å². The first-order valence-electron chi connectivity index (χ1n) is 7.37. The summed E-state index contributed by atoms with van der Waals surface area (Å²) in [4.78, 5) is 14.4. The van der Waals surface area contributed by atoms with Crippen molar-refractivity contribution in [2.24, 2.45) is 0 Å². The van der Waals surface area contributed by atoms with Crippen LogP contribution in [0.25, 0.3) is 0 Å². The Morgan fingerprint density at radius 1 is 1.09 bits per heavy atom. The molecule has 0 aliphatic heterocycles. The minimum Gasteiger partial charge on any atom is -0.495 e. The number of hydrogen-bond acceptors (Lipinski definition) is 3. The van der Waals surface area contributed by atoms with Crippen LogP contribution in [-0.2, 0) is 4.79 Å². The fourth-order valence-corrected chi connectivity index (χ4v) is 2.37. The summed E-state index contributed by atoms with van der Waals surface area (Å²) in [6, 6.07) is 17.4. The molecule has 0 aromatic heterocycles. The first kappa shape index (κ1) is 15.9. The van der Waals surface area contributed by atoms with E-state index in [2.05, 4.69) is 5.32 Å². The van der Waals surface area contributed by atoms with Gasteiger partial charge in [0.05, 0.1) is 19.3 Å². The molecule has 1 amide bonds. The number of amides is 1. The zero-order chi connectivity index (χ0) is 15.9. The van der Waals surface area contributed by atoms with Crippen molar-refractivity contribution in [2.75, 3.05) is 23.9 Å². The Kier molecular flexibility index (Phi) is 5.42. The molecular weight excluding hydrogens is 276 g/mol. The second kappa shape index (κ2) is 7.50. The van der Waals surface area contributed by atoms with Crippen LogP contribution in [0, 0.1) is 0 Å². The lowest BCUT2D eigenvalue weighted by Gasteiger charge is -2.27. The summed E-state index contributed by atoms with van der Waals surface area (Å²) in [7, 11) is 1.62. The summed E-state index contributed by atoms with van der Waals surface area (Å²) in [6.45, 7) is 4.23. The maximum atomic E-state index is 12.6. The van der Waals surface area contributed by atoms with Gasteiger partial charge in [0.1, 0.15) is 5.75 Å². The molecule has 0 radical (unpaired) electrons. The topological polar surface area (TPSA) is 41.6 Å². The van der Waals surface area contributed by atoms with Crippen LogP contribution in [-0.4, -0.2) is 25.6 Å². The number of carbonyl (C=O) groups excluding carboxylic acids is 1. The van der Waals surface area contributed by atoms with Gasteiger partial charge in [0.2, 0.25) is 5.91 Å². The molecule has 0 saturated carbocycles. The Morgan fingerprint density at radius 3 is 2.36 bits per heavy atom. The van der Waals surface area contributed by atoms with Crippen LogP contribution in [0.5, 0.6) is 5.75 Å². The van der Waals surface area contributed by atoms with Crippen molar-refractivity contribution in [1.82, 2.24) is 0 Å². The summed E-state index contributed by atoms with van der Waals surface area (Å²) in [6.07, 6.45) is 0. The minimum atomic E-state index is 0.0205. The Labute approximate surface area is 131 Å². The van der Waals surface area contributed by atoms with Gasteiger partial charge in [-0.25, -0.2) is 0 Å². The maximum Gasteiger partial charge on any atom is 0.246 e. The monoisotopic (exact) mass is 298 g/mol. The van der Waals surface area contributed by atoms with Gasteiger partial charge in [-0.15, -0.1) is 0 Å². The fourth-order valence-electron chi connectivity index (χ4n) is 2.37. The summed E-state index contributed by atoms with van der Waals surface area (Å²) in [5.41, 5.74) is 1.72. The second-order valence-corrected chi connectivity index (χ2v) is 5.25. The summed E-state index contributed by atoms with van der Waals surface area (Å²) >= 11 is 0. The number of nitrogens with zero attached hydrogens (tertiary/aromatic N) is 1. The number of rotatable bonds is 6. The normalized spacial score (nSPS) is 10.4. The predicted molar refractivity (Wildman–Crippen MR) is 90.5 cm³/mol. The second-order valence-electron chi connectivity index (χ2n) is 5.25. The smallest absolute Gasteiger partial charge is 0.246 e. The molecule has 0 aliphatic rings. The third-order valence-corrected chi connectivity index (χ3v) is 3.36. The van der Waals surface area contributed by atoms with E-state index < -0.39 is 0 Å². The third-order valence-electron chi connectivity index (χ3n) is 3.36. The number of methoxy groups -OCH3 is 1. The van der Waals surface area contributed by atoms with E-state index >= 15 is 0 Å². The average Bonchev–Trinajstić information content (AvgIpc) is 2.54. The van der Waals surface area contributed by atoms with E-state index in [1.165, 1.54) is 0 Å². The van der Waals surface area contributed by atoms with E-state index in [4.69, 9.17) is 4.74 Å². The van der Waals surface area contributed by atoms with Gasteiger partial charge in [-0.3, -0.25) is 4.79 Å². The van der Waals surface area contributed by atoms with E-state index in [1.54, 1.807) is 12.0 Å².